The molecule has 1 saturated carbocycles. The van der Waals surface area contributed by atoms with Gasteiger partial charge in [-0.05, 0) is 39.7 Å². The minimum Gasteiger partial charge on any atom is -0.325 e. The summed E-state index contributed by atoms with van der Waals surface area (Å²) in [4.78, 5) is 4.44. The molecular formula is C15H23N5. The molecule has 0 radical (unpaired) electrons. The summed E-state index contributed by atoms with van der Waals surface area (Å²) in [6.45, 7) is 8.04. The molecule has 1 N–H and O–H groups in total. The number of aromatic nitrogens is 4. The van der Waals surface area contributed by atoms with Crippen molar-refractivity contribution in [3.63, 3.8) is 0 Å². The Balaban J connectivity index is 1.72. The topological polar surface area (TPSA) is 47.7 Å². The lowest BCUT2D eigenvalue weighted by molar-refractivity contribution is 0.521. The van der Waals surface area contributed by atoms with Gasteiger partial charge in [-0.25, -0.2) is 4.98 Å². The Morgan fingerprint density at radius 1 is 1.40 bits per heavy atom. The minimum atomic E-state index is 0.406. The molecule has 0 saturated heterocycles. The number of imidazole rings is 1. The van der Waals surface area contributed by atoms with E-state index >= 15 is 0 Å². The van der Waals surface area contributed by atoms with Crippen molar-refractivity contribution in [3.8, 4) is 0 Å². The number of nitrogens with zero attached hydrogens (tertiary/aromatic N) is 4. The molecule has 2 heterocycles. The van der Waals surface area contributed by atoms with Crippen molar-refractivity contribution in [1.29, 1.82) is 0 Å². The standard InChI is InChI=1S/C15H23N5/c1-11(2)20-7-6-14(18-20)10-19-12(3)16-8-15(19)9-17-13-4-5-13/h6-8,11,13,17H,4-5,9-10H2,1-3H3. The van der Waals surface area contributed by atoms with Crippen LogP contribution in [0.2, 0.25) is 0 Å². The molecule has 0 atom stereocenters. The Morgan fingerprint density at radius 2 is 2.20 bits per heavy atom. The molecule has 0 aliphatic heterocycles. The molecule has 1 fully saturated rings. The SMILES string of the molecule is Cc1ncc(CNC2CC2)n1Cc1ccn(C(C)C)n1. The summed E-state index contributed by atoms with van der Waals surface area (Å²) in [5, 5.41) is 8.17. The predicted octanol–water partition coefficient (Wildman–Crippen LogP) is 2.27. The van der Waals surface area contributed by atoms with Crippen LogP contribution in [0.3, 0.4) is 0 Å². The van der Waals surface area contributed by atoms with Crippen LogP contribution in [0.25, 0.3) is 0 Å². The molecule has 2 aromatic rings. The Labute approximate surface area is 120 Å². The van der Waals surface area contributed by atoms with E-state index in [0.717, 1.165) is 30.6 Å². The number of aryl methyl sites for hydroxylation is 1. The third-order valence-corrected chi connectivity index (χ3v) is 3.80. The van der Waals surface area contributed by atoms with Gasteiger partial charge in [0.15, 0.2) is 0 Å². The number of rotatable bonds is 6. The van der Waals surface area contributed by atoms with Gasteiger partial charge in [-0.1, -0.05) is 0 Å². The molecule has 108 valence electrons. The van der Waals surface area contributed by atoms with Gasteiger partial charge < -0.3 is 9.88 Å². The molecule has 5 nitrogen and oxygen atoms in total. The third kappa shape index (κ3) is 2.93. The highest BCUT2D eigenvalue weighted by Gasteiger charge is 2.21. The first-order valence-electron chi connectivity index (χ1n) is 7.42. The van der Waals surface area contributed by atoms with Crippen LogP contribution in [0, 0.1) is 6.92 Å². The molecule has 0 unspecified atom stereocenters. The monoisotopic (exact) mass is 273 g/mol. The maximum absolute atomic E-state index is 4.62. The van der Waals surface area contributed by atoms with Gasteiger partial charge in [-0.15, -0.1) is 0 Å². The largest absolute Gasteiger partial charge is 0.325 e. The van der Waals surface area contributed by atoms with E-state index in [0.29, 0.717) is 6.04 Å². The van der Waals surface area contributed by atoms with Crippen LogP contribution in [0.1, 0.15) is 49.9 Å². The Bertz CT molecular complexity index is 577. The highest BCUT2D eigenvalue weighted by molar-refractivity contribution is 5.10. The summed E-state index contributed by atoms with van der Waals surface area (Å²) in [5.41, 5.74) is 2.33. The molecule has 5 heteroatoms. The van der Waals surface area contributed by atoms with E-state index in [1.54, 1.807) is 0 Å². The van der Waals surface area contributed by atoms with Crippen molar-refractivity contribution in [3.05, 3.63) is 35.7 Å². The van der Waals surface area contributed by atoms with E-state index < -0.39 is 0 Å². The fraction of sp³-hybridized carbons (Fsp3) is 0.600. The fourth-order valence-corrected chi connectivity index (χ4v) is 2.32. The zero-order valence-electron chi connectivity index (χ0n) is 12.5. The first kappa shape index (κ1) is 13.4. The Hall–Kier alpha value is -1.62. The highest BCUT2D eigenvalue weighted by Crippen LogP contribution is 2.19. The van der Waals surface area contributed by atoms with Crippen LogP contribution in [0.15, 0.2) is 18.5 Å². The summed E-state index contributed by atoms with van der Waals surface area (Å²) in [6, 6.07) is 3.22. The van der Waals surface area contributed by atoms with Crippen LogP contribution in [-0.2, 0) is 13.1 Å². The number of nitrogens with one attached hydrogen (secondary N) is 1. The molecule has 0 amide bonds. The molecule has 20 heavy (non-hydrogen) atoms. The smallest absolute Gasteiger partial charge is 0.106 e. The predicted molar refractivity (Wildman–Crippen MR) is 78.5 cm³/mol. The van der Waals surface area contributed by atoms with E-state index in [1.807, 2.05) is 17.1 Å². The van der Waals surface area contributed by atoms with Gasteiger partial charge in [0.2, 0.25) is 0 Å². The van der Waals surface area contributed by atoms with Crippen molar-refractivity contribution in [2.24, 2.45) is 0 Å². The number of hydrogen-bond acceptors (Lipinski definition) is 3. The van der Waals surface area contributed by atoms with Crippen LogP contribution in [-0.4, -0.2) is 25.4 Å². The second-order valence-electron chi connectivity index (χ2n) is 5.92. The fourth-order valence-electron chi connectivity index (χ4n) is 2.32. The lowest BCUT2D eigenvalue weighted by atomic mass is 10.3. The van der Waals surface area contributed by atoms with Crippen molar-refractivity contribution >= 4 is 0 Å². The van der Waals surface area contributed by atoms with E-state index in [9.17, 15) is 0 Å². The van der Waals surface area contributed by atoms with Crippen LogP contribution in [0.5, 0.6) is 0 Å². The minimum absolute atomic E-state index is 0.406. The summed E-state index contributed by atoms with van der Waals surface area (Å²) in [6.07, 6.45) is 6.65. The Morgan fingerprint density at radius 3 is 2.85 bits per heavy atom. The first-order chi connectivity index (χ1) is 9.63. The van der Waals surface area contributed by atoms with Crippen molar-refractivity contribution in [2.75, 3.05) is 0 Å². The molecule has 1 aliphatic carbocycles. The van der Waals surface area contributed by atoms with E-state index in [2.05, 4.69) is 46.8 Å². The van der Waals surface area contributed by atoms with Gasteiger partial charge in [0.25, 0.3) is 0 Å². The number of hydrogen-bond donors (Lipinski definition) is 1. The van der Waals surface area contributed by atoms with Crippen LogP contribution < -0.4 is 5.32 Å². The van der Waals surface area contributed by atoms with Crippen LogP contribution in [0.4, 0.5) is 0 Å². The zero-order valence-corrected chi connectivity index (χ0v) is 12.5. The molecule has 0 spiro atoms. The molecule has 0 aromatic carbocycles. The normalized spacial score (nSPS) is 15.2. The van der Waals surface area contributed by atoms with Crippen molar-refractivity contribution < 1.29 is 0 Å². The lowest BCUT2D eigenvalue weighted by Gasteiger charge is -2.10. The van der Waals surface area contributed by atoms with E-state index in [4.69, 9.17) is 0 Å². The molecule has 1 aliphatic rings. The first-order valence-corrected chi connectivity index (χ1v) is 7.42. The van der Waals surface area contributed by atoms with Gasteiger partial charge in [-0.3, -0.25) is 4.68 Å². The summed E-state index contributed by atoms with van der Waals surface area (Å²) < 4.78 is 4.26. The molecular weight excluding hydrogens is 250 g/mol. The average molecular weight is 273 g/mol. The van der Waals surface area contributed by atoms with E-state index in [-0.39, 0.29) is 0 Å². The van der Waals surface area contributed by atoms with Gasteiger partial charge in [0, 0.05) is 31.0 Å². The molecule has 3 rings (SSSR count). The molecule has 2 aromatic heterocycles. The average Bonchev–Trinajstić information content (AvgIpc) is 3.02. The maximum Gasteiger partial charge on any atom is 0.106 e. The van der Waals surface area contributed by atoms with Gasteiger partial charge in [-0.2, -0.15) is 5.10 Å². The summed E-state index contributed by atoms with van der Waals surface area (Å²) >= 11 is 0. The van der Waals surface area contributed by atoms with Crippen molar-refractivity contribution in [1.82, 2.24) is 24.6 Å². The molecule has 0 bridgehead atoms. The third-order valence-electron chi connectivity index (χ3n) is 3.80. The second kappa shape index (κ2) is 5.40. The maximum atomic E-state index is 4.62. The lowest BCUT2D eigenvalue weighted by Crippen LogP contribution is -2.19. The zero-order chi connectivity index (χ0) is 14.1. The van der Waals surface area contributed by atoms with E-state index in [1.165, 1.54) is 18.5 Å². The quantitative estimate of drug-likeness (QED) is 0.878. The van der Waals surface area contributed by atoms with Gasteiger partial charge in [0.05, 0.1) is 17.9 Å². The van der Waals surface area contributed by atoms with Crippen molar-refractivity contribution in [2.45, 2.75) is 58.8 Å². The Kier molecular flexibility index (Phi) is 3.61. The van der Waals surface area contributed by atoms with Gasteiger partial charge in [0.1, 0.15) is 5.82 Å². The summed E-state index contributed by atoms with van der Waals surface area (Å²) in [7, 11) is 0. The van der Waals surface area contributed by atoms with Crippen LogP contribution >= 0.6 is 0 Å². The second-order valence-corrected chi connectivity index (χ2v) is 5.92. The van der Waals surface area contributed by atoms with Gasteiger partial charge >= 0.3 is 0 Å². The highest BCUT2D eigenvalue weighted by atomic mass is 15.3. The summed E-state index contributed by atoms with van der Waals surface area (Å²) in [5.74, 6) is 1.05.